The first kappa shape index (κ1) is 12.8. The Morgan fingerprint density at radius 1 is 1.25 bits per heavy atom. The molecule has 3 rings (SSSR count). The number of aromatic hydroxyl groups is 1. The van der Waals surface area contributed by atoms with E-state index in [1.807, 2.05) is 0 Å². The Bertz CT molecular complexity index is 865. The minimum atomic E-state index is 0.00162. The quantitative estimate of drug-likeness (QED) is 0.710. The van der Waals surface area contributed by atoms with Gasteiger partial charge in [-0.1, -0.05) is 23.2 Å². The Labute approximate surface area is 124 Å². The highest BCUT2D eigenvalue weighted by Crippen LogP contribution is 2.35. The van der Waals surface area contributed by atoms with Crippen molar-refractivity contribution in [3.63, 3.8) is 0 Å². The number of aromatic amines is 1. The largest absolute Gasteiger partial charge is 0.506 e. The van der Waals surface area contributed by atoms with Gasteiger partial charge in [-0.2, -0.15) is 5.26 Å². The van der Waals surface area contributed by atoms with Crippen LogP contribution in [0.2, 0.25) is 10.0 Å². The van der Waals surface area contributed by atoms with Gasteiger partial charge in [0.1, 0.15) is 17.5 Å². The number of hydrogen-bond acceptors (Lipinski definition) is 3. The number of nitrogens with zero attached hydrogens (tertiary/aromatic N) is 2. The van der Waals surface area contributed by atoms with Crippen molar-refractivity contribution in [2.24, 2.45) is 0 Å². The van der Waals surface area contributed by atoms with Gasteiger partial charge in [0, 0.05) is 16.0 Å². The molecule has 0 radical (unpaired) electrons. The van der Waals surface area contributed by atoms with Gasteiger partial charge in [-0.15, -0.1) is 0 Å². The van der Waals surface area contributed by atoms with Crippen LogP contribution in [-0.2, 0) is 0 Å². The van der Waals surface area contributed by atoms with Crippen molar-refractivity contribution in [2.45, 2.75) is 0 Å². The maximum atomic E-state index is 9.49. The minimum absolute atomic E-state index is 0.00162. The van der Waals surface area contributed by atoms with Gasteiger partial charge < -0.3 is 10.1 Å². The summed E-state index contributed by atoms with van der Waals surface area (Å²) >= 11 is 12.0. The van der Waals surface area contributed by atoms with E-state index in [0.29, 0.717) is 37.9 Å². The summed E-state index contributed by atoms with van der Waals surface area (Å²) in [6.45, 7) is 0. The molecular weight excluding hydrogens is 297 g/mol. The standard InChI is InChI=1S/C14H7Cl2N3O/c15-7-1-2-9(12(16)3-7)13-11(5-17)10-4-8(20)6-18-14(10)19-13/h1-4,6,20H,(H,18,19). The molecule has 0 aliphatic carbocycles. The van der Waals surface area contributed by atoms with Gasteiger partial charge in [0.25, 0.3) is 0 Å². The molecular formula is C14H7Cl2N3O. The molecule has 0 aliphatic heterocycles. The van der Waals surface area contributed by atoms with Crippen LogP contribution in [0.15, 0.2) is 30.5 Å². The Morgan fingerprint density at radius 3 is 2.75 bits per heavy atom. The molecule has 0 atom stereocenters. The lowest BCUT2D eigenvalue weighted by atomic mass is 10.1. The molecule has 1 aromatic carbocycles. The number of rotatable bonds is 1. The first-order chi connectivity index (χ1) is 9.60. The molecule has 6 heteroatoms. The van der Waals surface area contributed by atoms with Crippen molar-refractivity contribution in [3.05, 3.63) is 46.1 Å². The molecule has 4 nitrogen and oxygen atoms in total. The molecule has 0 amide bonds. The highest BCUT2D eigenvalue weighted by atomic mass is 35.5. The van der Waals surface area contributed by atoms with Gasteiger partial charge in [-0.25, -0.2) is 4.98 Å². The number of fused-ring (bicyclic) bond motifs is 1. The van der Waals surface area contributed by atoms with Gasteiger partial charge in [-0.3, -0.25) is 0 Å². The normalized spacial score (nSPS) is 10.7. The Morgan fingerprint density at radius 2 is 2.05 bits per heavy atom. The second-order valence-electron chi connectivity index (χ2n) is 4.20. The van der Waals surface area contributed by atoms with E-state index < -0.39 is 0 Å². The number of pyridine rings is 1. The van der Waals surface area contributed by atoms with Crippen molar-refractivity contribution in [3.8, 4) is 23.1 Å². The summed E-state index contributed by atoms with van der Waals surface area (Å²) in [5.41, 5.74) is 2.11. The van der Waals surface area contributed by atoms with E-state index in [4.69, 9.17) is 23.2 Å². The summed E-state index contributed by atoms with van der Waals surface area (Å²) < 4.78 is 0. The van der Waals surface area contributed by atoms with Crippen LogP contribution in [0.1, 0.15) is 5.56 Å². The minimum Gasteiger partial charge on any atom is -0.506 e. The maximum absolute atomic E-state index is 9.49. The molecule has 2 heterocycles. The first-order valence-corrected chi connectivity index (χ1v) is 6.42. The third-order valence-electron chi connectivity index (χ3n) is 2.95. The van der Waals surface area contributed by atoms with Crippen LogP contribution in [0.5, 0.6) is 5.75 Å². The molecule has 0 saturated carbocycles. The van der Waals surface area contributed by atoms with Crippen LogP contribution < -0.4 is 0 Å². The van der Waals surface area contributed by atoms with Crippen molar-refractivity contribution in [1.29, 1.82) is 5.26 Å². The van der Waals surface area contributed by atoms with Gasteiger partial charge >= 0.3 is 0 Å². The van der Waals surface area contributed by atoms with Crippen molar-refractivity contribution >= 4 is 34.2 Å². The number of aromatic nitrogens is 2. The Kier molecular flexibility index (Phi) is 3.01. The zero-order chi connectivity index (χ0) is 14.3. The summed E-state index contributed by atoms with van der Waals surface area (Å²) in [5.74, 6) is 0.00162. The Hall–Kier alpha value is -2.22. The fraction of sp³-hybridized carbons (Fsp3) is 0. The van der Waals surface area contributed by atoms with E-state index in [0.717, 1.165) is 0 Å². The third-order valence-corrected chi connectivity index (χ3v) is 3.50. The van der Waals surface area contributed by atoms with Crippen molar-refractivity contribution in [1.82, 2.24) is 9.97 Å². The molecule has 0 spiro atoms. The predicted molar refractivity (Wildman–Crippen MR) is 77.9 cm³/mol. The Balaban J connectivity index is 2.34. The number of benzene rings is 1. The van der Waals surface area contributed by atoms with Gasteiger partial charge in [0.2, 0.25) is 0 Å². The molecule has 3 aromatic rings. The van der Waals surface area contributed by atoms with E-state index in [-0.39, 0.29) is 5.75 Å². The van der Waals surface area contributed by atoms with E-state index in [1.54, 1.807) is 18.2 Å². The average Bonchev–Trinajstić information content (AvgIpc) is 2.76. The smallest absolute Gasteiger partial charge is 0.139 e. The first-order valence-electron chi connectivity index (χ1n) is 5.66. The molecule has 0 fully saturated rings. The third kappa shape index (κ3) is 1.97. The van der Waals surface area contributed by atoms with Crippen LogP contribution in [0.4, 0.5) is 0 Å². The molecule has 0 bridgehead atoms. The molecule has 0 saturated heterocycles. The van der Waals surface area contributed by atoms with Crippen LogP contribution in [0.25, 0.3) is 22.3 Å². The van der Waals surface area contributed by atoms with Gasteiger partial charge in [-0.05, 0) is 24.3 Å². The SMILES string of the molecule is N#Cc1c(-c2ccc(Cl)cc2Cl)[nH]c2ncc(O)cc12. The molecule has 2 N–H and O–H groups in total. The summed E-state index contributed by atoms with van der Waals surface area (Å²) in [5, 5.41) is 20.3. The van der Waals surface area contributed by atoms with E-state index in [9.17, 15) is 10.4 Å². The van der Waals surface area contributed by atoms with Crippen LogP contribution in [-0.4, -0.2) is 15.1 Å². The van der Waals surface area contributed by atoms with Crippen LogP contribution in [0, 0.1) is 11.3 Å². The van der Waals surface area contributed by atoms with Crippen LogP contribution >= 0.6 is 23.2 Å². The molecule has 0 unspecified atom stereocenters. The highest BCUT2D eigenvalue weighted by Gasteiger charge is 2.16. The second-order valence-corrected chi connectivity index (χ2v) is 5.04. The summed E-state index contributed by atoms with van der Waals surface area (Å²) in [7, 11) is 0. The second kappa shape index (κ2) is 4.71. The molecule has 98 valence electrons. The van der Waals surface area contributed by atoms with Crippen molar-refractivity contribution in [2.75, 3.05) is 0 Å². The summed E-state index contributed by atoms with van der Waals surface area (Å²) in [4.78, 5) is 7.10. The lowest BCUT2D eigenvalue weighted by Gasteiger charge is -2.03. The predicted octanol–water partition coefficient (Wildman–Crippen LogP) is 4.11. The zero-order valence-electron chi connectivity index (χ0n) is 9.98. The summed E-state index contributed by atoms with van der Waals surface area (Å²) in [6.07, 6.45) is 1.31. The van der Waals surface area contributed by atoms with Crippen molar-refractivity contribution < 1.29 is 5.11 Å². The topological polar surface area (TPSA) is 72.7 Å². The highest BCUT2D eigenvalue weighted by molar-refractivity contribution is 6.36. The van der Waals surface area contributed by atoms with E-state index >= 15 is 0 Å². The molecule has 0 aliphatic rings. The number of hydrogen-bond donors (Lipinski definition) is 2. The number of nitriles is 1. The fourth-order valence-corrected chi connectivity index (χ4v) is 2.57. The maximum Gasteiger partial charge on any atom is 0.139 e. The van der Waals surface area contributed by atoms with E-state index in [2.05, 4.69) is 16.0 Å². The van der Waals surface area contributed by atoms with E-state index in [1.165, 1.54) is 12.3 Å². The number of H-pyrrole nitrogens is 1. The average molecular weight is 304 g/mol. The summed E-state index contributed by atoms with van der Waals surface area (Å²) in [6, 6.07) is 8.64. The fourth-order valence-electron chi connectivity index (χ4n) is 2.07. The molecule has 2 aromatic heterocycles. The van der Waals surface area contributed by atoms with Gasteiger partial charge in [0.15, 0.2) is 0 Å². The lowest BCUT2D eigenvalue weighted by molar-refractivity contribution is 0.474. The van der Waals surface area contributed by atoms with Crippen LogP contribution in [0.3, 0.4) is 0 Å². The zero-order valence-corrected chi connectivity index (χ0v) is 11.5. The number of nitrogens with one attached hydrogen (secondary N) is 1. The van der Waals surface area contributed by atoms with Gasteiger partial charge in [0.05, 0.1) is 22.5 Å². The lowest BCUT2D eigenvalue weighted by Crippen LogP contribution is -1.83. The number of halogens is 2. The monoisotopic (exact) mass is 303 g/mol. The molecule has 20 heavy (non-hydrogen) atoms.